The molecule has 1 atom stereocenters. The van der Waals surface area contributed by atoms with E-state index < -0.39 is 0 Å². The van der Waals surface area contributed by atoms with Crippen molar-refractivity contribution in [3.63, 3.8) is 0 Å². The minimum absolute atomic E-state index is 0.0282. The number of carbonyl (C=O) groups excluding carboxylic acids is 1. The van der Waals surface area contributed by atoms with Crippen molar-refractivity contribution in [1.82, 2.24) is 5.32 Å². The first-order valence-electron chi connectivity index (χ1n) is 5.86. The molecule has 5 nitrogen and oxygen atoms in total. The Morgan fingerprint density at radius 2 is 2.11 bits per heavy atom. The summed E-state index contributed by atoms with van der Waals surface area (Å²) >= 11 is 3.34. The van der Waals surface area contributed by atoms with Gasteiger partial charge in [0, 0.05) is 12.6 Å². The van der Waals surface area contributed by atoms with Crippen LogP contribution in [-0.2, 0) is 0 Å². The van der Waals surface area contributed by atoms with Gasteiger partial charge in [0.25, 0.3) is 5.91 Å². The van der Waals surface area contributed by atoms with Crippen LogP contribution in [0.15, 0.2) is 16.6 Å². The predicted octanol–water partition coefficient (Wildman–Crippen LogP) is 1.97. The number of hydrogen-bond acceptors (Lipinski definition) is 4. The maximum absolute atomic E-state index is 12.2. The number of rotatable bonds is 6. The summed E-state index contributed by atoms with van der Waals surface area (Å²) in [4.78, 5) is 12.2. The van der Waals surface area contributed by atoms with Crippen molar-refractivity contribution < 1.29 is 19.4 Å². The molecule has 19 heavy (non-hydrogen) atoms. The molecule has 1 rings (SSSR count). The molecule has 0 heterocycles. The van der Waals surface area contributed by atoms with Crippen LogP contribution >= 0.6 is 15.9 Å². The quantitative estimate of drug-likeness (QED) is 0.836. The SMILES string of the molecule is COc1cc(Br)c(OC)c(C(=O)NC(C)CCO)c1. The van der Waals surface area contributed by atoms with Crippen molar-refractivity contribution in [2.75, 3.05) is 20.8 Å². The highest BCUT2D eigenvalue weighted by Crippen LogP contribution is 2.33. The molecule has 0 saturated carbocycles. The van der Waals surface area contributed by atoms with Crippen LogP contribution in [0.2, 0.25) is 0 Å². The molecule has 106 valence electrons. The van der Waals surface area contributed by atoms with E-state index in [1.165, 1.54) is 14.2 Å². The summed E-state index contributed by atoms with van der Waals surface area (Å²) in [6, 6.07) is 3.23. The number of ether oxygens (including phenoxy) is 2. The molecule has 0 saturated heterocycles. The molecule has 1 aromatic rings. The third-order valence-corrected chi connectivity index (χ3v) is 3.23. The molecular weight excluding hydrogens is 314 g/mol. The van der Waals surface area contributed by atoms with Crippen LogP contribution in [0.25, 0.3) is 0 Å². The van der Waals surface area contributed by atoms with E-state index in [0.717, 1.165) is 0 Å². The molecule has 6 heteroatoms. The topological polar surface area (TPSA) is 67.8 Å². The number of aliphatic hydroxyl groups excluding tert-OH is 1. The smallest absolute Gasteiger partial charge is 0.255 e. The molecule has 0 aliphatic carbocycles. The normalized spacial score (nSPS) is 11.8. The molecule has 0 aromatic heterocycles. The highest BCUT2D eigenvalue weighted by molar-refractivity contribution is 9.10. The molecule has 0 spiro atoms. The second kappa shape index (κ2) is 7.35. The Morgan fingerprint density at radius 3 is 2.63 bits per heavy atom. The van der Waals surface area contributed by atoms with E-state index >= 15 is 0 Å². The number of aliphatic hydroxyl groups is 1. The molecule has 1 aromatic carbocycles. The van der Waals surface area contributed by atoms with Crippen LogP contribution < -0.4 is 14.8 Å². The summed E-state index contributed by atoms with van der Waals surface area (Å²) in [5.74, 6) is 0.750. The second-order valence-electron chi connectivity index (χ2n) is 4.08. The molecule has 1 amide bonds. The number of nitrogens with one attached hydrogen (secondary N) is 1. The fourth-order valence-electron chi connectivity index (χ4n) is 1.63. The molecule has 0 fully saturated rings. The zero-order valence-electron chi connectivity index (χ0n) is 11.2. The molecule has 1 unspecified atom stereocenters. The van der Waals surface area contributed by atoms with Crippen molar-refractivity contribution in [1.29, 1.82) is 0 Å². The Morgan fingerprint density at radius 1 is 1.42 bits per heavy atom. The number of methoxy groups -OCH3 is 2. The Hall–Kier alpha value is -1.27. The van der Waals surface area contributed by atoms with Gasteiger partial charge in [-0.1, -0.05) is 0 Å². The van der Waals surface area contributed by atoms with Gasteiger partial charge in [0.1, 0.15) is 11.5 Å². The Labute approximate surface area is 121 Å². The van der Waals surface area contributed by atoms with E-state index in [0.29, 0.717) is 28.0 Å². The van der Waals surface area contributed by atoms with E-state index in [4.69, 9.17) is 14.6 Å². The third kappa shape index (κ3) is 4.11. The van der Waals surface area contributed by atoms with Gasteiger partial charge in [0.15, 0.2) is 0 Å². The summed E-state index contributed by atoms with van der Waals surface area (Å²) in [5, 5.41) is 11.6. The summed E-state index contributed by atoms with van der Waals surface area (Å²) in [6.07, 6.45) is 0.499. The second-order valence-corrected chi connectivity index (χ2v) is 4.93. The maximum atomic E-state index is 12.2. The van der Waals surface area contributed by atoms with Gasteiger partial charge in [0.2, 0.25) is 0 Å². The maximum Gasteiger partial charge on any atom is 0.255 e. The van der Waals surface area contributed by atoms with Crippen molar-refractivity contribution >= 4 is 21.8 Å². The standard InChI is InChI=1S/C13H18BrNO4/c1-8(4-5-16)15-13(17)10-6-9(18-2)7-11(14)12(10)19-3/h6-8,16H,4-5H2,1-3H3,(H,15,17). The van der Waals surface area contributed by atoms with E-state index in [1.807, 2.05) is 6.92 Å². The minimum atomic E-state index is -0.266. The van der Waals surface area contributed by atoms with Crippen LogP contribution in [0, 0.1) is 0 Å². The lowest BCUT2D eigenvalue weighted by atomic mass is 10.1. The van der Waals surface area contributed by atoms with Crippen molar-refractivity contribution in [3.8, 4) is 11.5 Å². The molecule has 2 N–H and O–H groups in total. The minimum Gasteiger partial charge on any atom is -0.497 e. The summed E-state index contributed by atoms with van der Waals surface area (Å²) < 4.78 is 11.0. The lowest BCUT2D eigenvalue weighted by molar-refractivity contribution is 0.0931. The zero-order valence-corrected chi connectivity index (χ0v) is 12.8. The lowest BCUT2D eigenvalue weighted by Crippen LogP contribution is -2.33. The number of halogens is 1. The van der Waals surface area contributed by atoms with Gasteiger partial charge in [-0.15, -0.1) is 0 Å². The van der Waals surface area contributed by atoms with Gasteiger partial charge in [-0.25, -0.2) is 0 Å². The summed E-state index contributed by atoms with van der Waals surface area (Å²) in [6.45, 7) is 1.86. The van der Waals surface area contributed by atoms with Crippen LogP contribution in [0.3, 0.4) is 0 Å². The van der Waals surface area contributed by atoms with Crippen LogP contribution in [0.4, 0.5) is 0 Å². The number of carbonyl (C=O) groups is 1. The molecule has 0 aliphatic heterocycles. The average molecular weight is 332 g/mol. The van der Waals surface area contributed by atoms with Gasteiger partial charge in [-0.3, -0.25) is 4.79 Å². The average Bonchev–Trinajstić information content (AvgIpc) is 2.37. The van der Waals surface area contributed by atoms with Crippen molar-refractivity contribution in [3.05, 3.63) is 22.2 Å². The van der Waals surface area contributed by atoms with E-state index in [9.17, 15) is 4.79 Å². The van der Waals surface area contributed by atoms with Crippen LogP contribution in [0.1, 0.15) is 23.7 Å². The molecule has 0 bridgehead atoms. The van der Waals surface area contributed by atoms with Crippen LogP contribution in [0.5, 0.6) is 11.5 Å². The Balaban J connectivity index is 3.03. The van der Waals surface area contributed by atoms with Gasteiger partial charge in [-0.05, 0) is 41.4 Å². The van der Waals surface area contributed by atoms with E-state index in [2.05, 4.69) is 21.2 Å². The highest BCUT2D eigenvalue weighted by Gasteiger charge is 2.18. The fourth-order valence-corrected chi connectivity index (χ4v) is 2.23. The van der Waals surface area contributed by atoms with Gasteiger partial charge in [-0.2, -0.15) is 0 Å². The monoisotopic (exact) mass is 331 g/mol. The van der Waals surface area contributed by atoms with Crippen LogP contribution in [-0.4, -0.2) is 37.9 Å². The fraction of sp³-hybridized carbons (Fsp3) is 0.462. The zero-order chi connectivity index (χ0) is 14.4. The first-order chi connectivity index (χ1) is 9.03. The van der Waals surface area contributed by atoms with E-state index in [1.54, 1.807) is 12.1 Å². The molecule has 0 aliphatic rings. The lowest BCUT2D eigenvalue weighted by Gasteiger charge is -2.16. The largest absolute Gasteiger partial charge is 0.497 e. The Kier molecular flexibility index (Phi) is 6.11. The van der Waals surface area contributed by atoms with E-state index in [-0.39, 0.29) is 18.6 Å². The number of benzene rings is 1. The van der Waals surface area contributed by atoms with Crippen molar-refractivity contribution in [2.45, 2.75) is 19.4 Å². The molecular formula is C13H18BrNO4. The van der Waals surface area contributed by atoms with Gasteiger partial charge in [0.05, 0.1) is 24.3 Å². The van der Waals surface area contributed by atoms with Gasteiger partial charge < -0.3 is 19.9 Å². The third-order valence-electron chi connectivity index (χ3n) is 2.64. The number of amides is 1. The number of hydrogen-bond donors (Lipinski definition) is 2. The Bertz CT molecular complexity index is 451. The first-order valence-corrected chi connectivity index (χ1v) is 6.66. The first kappa shape index (κ1) is 15.8. The predicted molar refractivity (Wildman–Crippen MR) is 75.9 cm³/mol. The van der Waals surface area contributed by atoms with Crippen molar-refractivity contribution in [2.24, 2.45) is 0 Å². The summed E-state index contributed by atoms with van der Waals surface area (Å²) in [5.41, 5.74) is 0.388. The molecule has 0 radical (unpaired) electrons. The van der Waals surface area contributed by atoms with Gasteiger partial charge >= 0.3 is 0 Å². The highest BCUT2D eigenvalue weighted by atomic mass is 79.9. The summed E-state index contributed by atoms with van der Waals surface area (Å²) in [7, 11) is 3.03.